The summed E-state index contributed by atoms with van der Waals surface area (Å²) < 4.78 is 10.6. The van der Waals surface area contributed by atoms with Crippen LogP contribution in [-0.2, 0) is 16.0 Å². The fraction of sp³-hybridized carbons (Fsp3) is 0.500. The number of amides is 1. The molecule has 0 radical (unpaired) electrons. The van der Waals surface area contributed by atoms with Gasteiger partial charge >= 0.3 is 0 Å². The van der Waals surface area contributed by atoms with E-state index in [1.807, 2.05) is 19.1 Å². The van der Waals surface area contributed by atoms with E-state index in [4.69, 9.17) is 21.1 Å². The summed E-state index contributed by atoms with van der Waals surface area (Å²) in [5.74, 6) is 0.573. The van der Waals surface area contributed by atoms with Gasteiger partial charge in [0.25, 0.3) is 0 Å². The molecule has 1 aromatic rings. The minimum atomic E-state index is -0.00172. The molecular weight excluding hydrogens is 362 g/mol. The molecule has 0 aromatic heterocycles. The molecule has 0 N–H and O–H groups in total. The molecule has 1 amide bonds. The van der Waals surface area contributed by atoms with Crippen LogP contribution in [0.2, 0.25) is 5.02 Å². The van der Waals surface area contributed by atoms with Crippen molar-refractivity contribution in [2.24, 2.45) is 0 Å². The first-order valence-corrected chi connectivity index (χ1v) is 9.69. The lowest BCUT2D eigenvalue weighted by molar-refractivity contribution is -0.118. The number of benzene rings is 1. The maximum Gasteiger partial charge on any atom is 0.226 e. The van der Waals surface area contributed by atoms with Crippen LogP contribution in [0.5, 0.6) is 5.75 Å². The first-order valence-electron chi connectivity index (χ1n) is 9.32. The van der Waals surface area contributed by atoms with E-state index in [2.05, 4.69) is 32.1 Å². The summed E-state index contributed by atoms with van der Waals surface area (Å²) in [7, 11) is 4.98. The van der Waals surface area contributed by atoms with Gasteiger partial charge in [0.1, 0.15) is 10.8 Å². The second-order valence-corrected chi connectivity index (χ2v) is 7.07. The first-order chi connectivity index (χ1) is 12.8. The number of hydrogen-bond acceptors (Lipinski definition) is 3. The molecule has 0 spiro atoms. The Balaban J connectivity index is 3.06. The number of ether oxygens (including phenoxy) is 2. The molecule has 5 heteroatoms. The quantitative estimate of drug-likeness (QED) is 0.487. The third-order valence-electron chi connectivity index (χ3n) is 4.44. The average molecular weight is 394 g/mol. The SMILES string of the molecule is CC/C=C/C=C(\C)Cc1cc(OC)c(Cl)c(N(C)C(=O)CC[C@H](C)OC)c1. The molecule has 0 saturated carbocycles. The van der Waals surface area contributed by atoms with Crippen LogP contribution in [0.1, 0.15) is 45.6 Å². The number of halogens is 1. The highest BCUT2D eigenvalue weighted by atomic mass is 35.5. The van der Waals surface area contributed by atoms with Gasteiger partial charge in [-0.1, -0.05) is 42.3 Å². The third-order valence-corrected chi connectivity index (χ3v) is 4.82. The molecule has 0 heterocycles. The summed E-state index contributed by atoms with van der Waals surface area (Å²) in [5, 5.41) is 0.449. The van der Waals surface area contributed by atoms with Gasteiger partial charge in [0.15, 0.2) is 0 Å². The number of carbonyl (C=O) groups is 1. The summed E-state index contributed by atoms with van der Waals surface area (Å²) in [6, 6.07) is 3.89. The monoisotopic (exact) mass is 393 g/mol. The molecule has 27 heavy (non-hydrogen) atoms. The normalized spacial score (nSPS) is 13.1. The fourth-order valence-corrected chi connectivity index (χ4v) is 2.94. The molecule has 0 bridgehead atoms. The maximum absolute atomic E-state index is 12.6. The maximum atomic E-state index is 12.6. The van der Waals surface area contributed by atoms with E-state index < -0.39 is 0 Å². The van der Waals surface area contributed by atoms with Crippen LogP contribution in [0.3, 0.4) is 0 Å². The van der Waals surface area contributed by atoms with Gasteiger partial charge in [-0.05, 0) is 50.8 Å². The molecule has 1 rings (SSSR count). The molecule has 150 valence electrons. The molecule has 0 fully saturated rings. The molecule has 4 nitrogen and oxygen atoms in total. The van der Waals surface area contributed by atoms with Crippen LogP contribution >= 0.6 is 11.6 Å². The van der Waals surface area contributed by atoms with E-state index >= 15 is 0 Å². The number of allylic oxidation sites excluding steroid dienone is 4. The van der Waals surface area contributed by atoms with Crippen LogP contribution in [-0.4, -0.2) is 33.3 Å². The molecule has 0 saturated heterocycles. The van der Waals surface area contributed by atoms with E-state index in [9.17, 15) is 4.79 Å². The topological polar surface area (TPSA) is 38.8 Å². The Morgan fingerprint density at radius 1 is 1.33 bits per heavy atom. The van der Waals surface area contributed by atoms with Crippen LogP contribution in [0.25, 0.3) is 0 Å². The Bertz CT molecular complexity index is 682. The van der Waals surface area contributed by atoms with Crippen molar-refractivity contribution >= 4 is 23.2 Å². The van der Waals surface area contributed by atoms with Crippen molar-refractivity contribution in [2.75, 3.05) is 26.2 Å². The van der Waals surface area contributed by atoms with E-state index in [-0.39, 0.29) is 12.0 Å². The van der Waals surface area contributed by atoms with Gasteiger partial charge in [-0.15, -0.1) is 0 Å². The number of methoxy groups -OCH3 is 2. The third kappa shape index (κ3) is 7.39. The summed E-state index contributed by atoms with van der Waals surface area (Å²) in [4.78, 5) is 14.2. The van der Waals surface area contributed by atoms with Crippen molar-refractivity contribution in [2.45, 2.75) is 52.6 Å². The zero-order valence-corrected chi connectivity index (χ0v) is 18.1. The first kappa shape index (κ1) is 23.3. The largest absolute Gasteiger partial charge is 0.495 e. The Morgan fingerprint density at radius 2 is 2.04 bits per heavy atom. The van der Waals surface area contributed by atoms with Crippen molar-refractivity contribution in [3.05, 3.63) is 46.5 Å². The van der Waals surface area contributed by atoms with Crippen molar-refractivity contribution in [1.82, 2.24) is 0 Å². The van der Waals surface area contributed by atoms with Gasteiger partial charge in [0.05, 0.1) is 18.9 Å². The molecule has 1 aromatic carbocycles. The molecule has 1 atom stereocenters. The highest BCUT2D eigenvalue weighted by molar-refractivity contribution is 6.35. The Hall–Kier alpha value is -1.78. The van der Waals surface area contributed by atoms with Crippen LogP contribution < -0.4 is 9.64 Å². The second-order valence-electron chi connectivity index (χ2n) is 6.70. The van der Waals surface area contributed by atoms with Gasteiger partial charge in [-0.3, -0.25) is 4.79 Å². The highest BCUT2D eigenvalue weighted by Gasteiger charge is 2.19. The Kier molecular flexibility index (Phi) is 10.2. The van der Waals surface area contributed by atoms with Crippen LogP contribution in [0.15, 0.2) is 35.9 Å². The van der Waals surface area contributed by atoms with Gasteiger partial charge in [0, 0.05) is 20.6 Å². The second kappa shape index (κ2) is 11.8. The van der Waals surface area contributed by atoms with Gasteiger partial charge in [-0.2, -0.15) is 0 Å². The van der Waals surface area contributed by atoms with Crippen molar-refractivity contribution < 1.29 is 14.3 Å². The zero-order valence-electron chi connectivity index (χ0n) is 17.3. The number of anilines is 1. The van der Waals surface area contributed by atoms with E-state index in [1.54, 1.807) is 26.2 Å². The number of hydrogen-bond donors (Lipinski definition) is 0. The molecule has 0 aliphatic heterocycles. The number of nitrogens with zero attached hydrogens (tertiary/aromatic N) is 1. The summed E-state index contributed by atoms with van der Waals surface area (Å²) >= 11 is 6.48. The van der Waals surface area contributed by atoms with Gasteiger partial charge < -0.3 is 14.4 Å². The Labute approximate surface area is 168 Å². The number of carbonyl (C=O) groups excluding carboxylic acids is 1. The predicted molar refractivity (Wildman–Crippen MR) is 114 cm³/mol. The number of rotatable bonds is 10. The minimum absolute atomic E-state index is 0.00172. The van der Waals surface area contributed by atoms with Crippen molar-refractivity contribution in [3.8, 4) is 5.75 Å². The zero-order chi connectivity index (χ0) is 20.4. The Morgan fingerprint density at radius 3 is 2.63 bits per heavy atom. The fourth-order valence-electron chi connectivity index (χ4n) is 2.63. The van der Waals surface area contributed by atoms with E-state index in [0.717, 1.165) is 18.4 Å². The summed E-state index contributed by atoms with van der Waals surface area (Å²) in [5.41, 5.74) is 2.94. The van der Waals surface area contributed by atoms with Gasteiger partial charge in [0.2, 0.25) is 5.91 Å². The summed E-state index contributed by atoms with van der Waals surface area (Å²) in [6.07, 6.45) is 9.16. The van der Waals surface area contributed by atoms with Crippen molar-refractivity contribution in [3.63, 3.8) is 0 Å². The lowest BCUT2D eigenvalue weighted by Gasteiger charge is -2.22. The average Bonchev–Trinajstić information content (AvgIpc) is 2.66. The van der Waals surface area contributed by atoms with Crippen LogP contribution in [0, 0.1) is 0 Å². The molecule has 0 aliphatic rings. The van der Waals surface area contributed by atoms with E-state index in [1.165, 1.54) is 5.57 Å². The lowest BCUT2D eigenvalue weighted by atomic mass is 10.0. The van der Waals surface area contributed by atoms with Crippen LogP contribution in [0.4, 0.5) is 5.69 Å². The molecular formula is C22H32ClNO3. The summed E-state index contributed by atoms with van der Waals surface area (Å²) in [6.45, 7) is 6.14. The highest BCUT2D eigenvalue weighted by Crippen LogP contribution is 2.36. The van der Waals surface area contributed by atoms with E-state index in [0.29, 0.717) is 29.3 Å². The minimum Gasteiger partial charge on any atom is -0.495 e. The molecule has 0 unspecified atom stereocenters. The standard InChI is InChI=1S/C22H32ClNO3/c1-7-8-9-10-16(2)13-18-14-19(22(23)20(15-18)27-6)24(4)21(25)12-11-17(3)26-5/h8-10,14-15,17H,7,11-13H2,1-6H3/b9-8+,16-10+/t17-/m0/s1. The predicted octanol–water partition coefficient (Wildman–Crippen LogP) is 5.58. The van der Waals surface area contributed by atoms with Gasteiger partial charge in [-0.25, -0.2) is 0 Å². The lowest BCUT2D eigenvalue weighted by Crippen LogP contribution is -2.27. The smallest absolute Gasteiger partial charge is 0.226 e. The van der Waals surface area contributed by atoms with Crippen molar-refractivity contribution in [1.29, 1.82) is 0 Å². The molecule has 0 aliphatic carbocycles.